The Labute approximate surface area is 183 Å². The lowest BCUT2D eigenvalue weighted by atomic mass is 10.1. The van der Waals surface area contributed by atoms with E-state index >= 15 is 0 Å². The Morgan fingerprint density at radius 1 is 1.06 bits per heavy atom. The number of hydrogen-bond acceptors (Lipinski definition) is 6. The summed E-state index contributed by atoms with van der Waals surface area (Å²) in [6, 6.07) is 9.63. The lowest BCUT2D eigenvalue weighted by molar-refractivity contribution is 0.0302. The van der Waals surface area contributed by atoms with Crippen LogP contribution in [0.25, 0.3) is 28.5 Å². The van der Waals surface area contributed by atoms with Crippen LogP contribution >= 0.6 is 0 Å². The first kappa shape index (κ1) is 20.0. The average molecular weight is 433 g/mol. The molecule has 1 aromatic carbocycles. The SMILES string of the molecule is Cn1nnc(-c2ccc(F)cc2)c1-c1cn(-c2ccc(C(=O)N3CCOCC3)cn2)cn1. The van der Waals surface area contributed by atoms with E-state index in [1.165, 1.54) is 12.1 Å². The zero-order valence-electron chi connectivity index (χ0n) is 17.3. The van der Waals surface area contributed by atoms with Crippen molar-refractivity contribution >= 4 is 5.91 Å². The minimum atomic E-state index is -0.315. The van der Waals surface area contributed by atoms with Crippen molar-refractivity contribution in [3.05, 3.63) is 66.5 Å². The zero-order valence-corrected chi connectivity index (χ0v) is 17.3. The first-order chi connectivity index (χ1) is 15.6. The van der Waals surface area contributed by atoms with Crippen molar-refractivity contribution in [1.82, 2.24) is 34.4 Å². The van der Waals surface area contributed by atoms with Crippen LogP contribution in [0.4, 0.5) is 4.39 Å². The van der Waals surface area contributed by atoms with E-state index in [9.17, 15) is 9.18 Å². The highest BCUT2D eigenvalue weighted by molar-refractivity contribution is 5.94. The predicted octanol–water partition coefficient (Wildman–Crippen LogP) is 2.34. The van der Waals surface area contributed by atoms with Crippen molar-refractivity contribution in [2.75, 3.05) is 26.3 Å². The van der Waals surface area contributed by atoms with Crippen LogP contribution in [0.2, 0.25) is 0 Å². The number of imidazole rings is 1. The maximum Gasteiger partial charge on any atom is 0.255 e. The maximum atomic E-state index is 13.3. The first-order valence-electron chi connectivity index (χ1n) is 10.1. The predicted molar refractivity (Wildman–Crippen MR) is 113 cm³/mol. The van der Waals surface area contributed by atoms with E-state index in [2.05, 4.69) is 20.3 Å². The highest BCUT2D eigenvalue weighted by atomic mass is 19.1. The van der Waals surface area contributed by atoms with Gasteiger partial charge in [0.25, 0.3) is 5.91 Å². The van der Waals surface area contributed by atoms with E-state index in [-0.39, 0.29) is 11.7 Å². The Hall–Kier alpha value is -3.92. The third-order valence-electron chi connectivity index (χ3n) is 5.33. The summed E-state index contributed by atoms with van der Waals surface area (Å²) in [6.45, 7) is 2.27. The van der Waals surface area contributed by atoms with E-state index in [1.807, 2.05) is 6.20 Å². The molecule has 0 aliphatic carbocycles. The number of ether oxygens (including phenoxy) is 1. The molecule has 10 heteroatoms. The summed E-state index contributed by atoms with van der Waals surface area (Å²) in [5, 5.41) is 8.33. The van der Waals surface area contributed by atoms with Gasteiger partial charge in [0.2, 0.25) is 0 Å². The summed E-state index contributed by atoms with van der Waals surface area (Å²) in [5.74, 6) is 0.259. The number of rotatable bonds is 4. The lowest BCUT2D eigenvalue weighted by Gasteiger charge is -2.26. The van der Waals surface area contributed by atoms with Gasteiger partial charge in [0.1, 0.15) is 35.0 Å². The zero-order chi connectivity index (χ0) is 22.1. The van der Waals surface area contributed by atoms with Gasteiger partial charge in [-0.1, -0.05) is 5.21 Å². The number of pyridine rings is 1. The number of carbonyl (C=O) groups excluding carboxylic acids is 1. The topological polar surface area (TPSA) is 91.0 Å². The molecule has 1 aliphatic rings. The highest BCUT2D eigenvalue weighted by Gasteiger charge is 2.20. The van der Waals surface area contributed by atoms with Crippen molar-refractivity contribution in [3.63, 3.8) is 0 Å². The molecule has 32 heavy (non-hydrogen) atoms. The number of benzene rings is 1. The van der Waals surface area contributed by atoms with Gasteiger partial charge in [0.05, 0.1) is 18.8 Å². The van der Waals surface area contributed by atoms with Gasteiger partial charge in [-0.15, -0.1) is 5.10 Å². The van der Waals surface area contributed by atoms with E-state index < -0.39 is 0 Å². The minimum absolute atomic E-state index is 0.0523. The molecule has 5 rings (SSSR count). The van der Waals surface area contributed by atoms with Crippen LogP contribution in [0.3, 0.4) is 0 Å². The Balaban J connectivity index is 1.40. The molecule has 1 saturated heterocycles. The molecule has 1 amide bonds. The van der Waals surface area contributed by atoms with Gasteiger partial charge in [0, 0.05) is 38.1 Å². The molecule has 162 valence electrons. The second-order valence-corrected chi connectivity index (χ2v) is 7.39. The standard InChI is InChI=1S/C22H20FN7O2/c1-28-21(20(26-27-28)15-2-5-17(23)6-3-15)18-13-30(14-25-18)19-7-4-16(12-24-19)22(31)29-8-10-32-11-9-29/h2-7,12-14H,8-11H2,1H3. The molecule has 1 fully saturated rings. The van der Waals surface area contributed by atoms with Gasteiger partial charge < -0.3 is 9.64 Å². The Morgan fingerprint density at radius 2 is 1.84 bits per heavy atom. The number of nitrogens with zero attached hydrogens (tertiary/aromatic N) is 7. The van der Waals surface area contributed by atoms with Crippen molar-refractivity contribution < 1.29 is 13.9 Å². The Morgan fingerprint density at radius 3 is 2.56 bits per heavy atom. The van der Waals surface area contributed by atoms with Crippen molar-refractivity contribution in [2.24, 2.45) is 7.05 Å². The molecule has 9 nitrogen and oxygen atoms in total. The molecule has 1 aliphatic heterocycles. The molecule has 4 heterocycles. The fourth-order valence-electron chi connectivity index (χ4n) is 3.63. The third-order valence-corrected chi connectivity index (χ3v) is 5.33. The van der Waals surface area contributed by atoms with Crippen molar-refractivity contribution in [1.29, 1.82) is 0 Å². The Bertz CT molecular complexity index is 1240. The molecule has 0 saturated carbocycles. The molecule has 4 aromatic rings. The number of halogens is 1. The first-order valence-corrected chi connectivity index (χ1v) is 10.1. The smallest absolute Gasteiger partial charge is 0.255 e. The van der Waals surface area contributed by atoms with Gasteiger partial charge in [-0.25, -0.2) is 19.0 Å². The quantitative estimate of drug-likeness (QED) is 0.491. The molecular formula is C22H20FN7O2. The molecule has 0 atom stereocenters. The monoisotopic (exact) mass is 433 g/mol. The molecule has 3 aromatic heterocycles. The highest BCUT2D eigenvalue weighted by Crippen LogP contribution is 2.29. The van der Waals surface area contributed by atoms with E-state index in [0.29, 0.717) is 54.8 Å². The maximum absolute atomic E-state index is 13.3. The second-order valence-electron chi connectivity index (χ2n) is 7.39. The van der Waals surface area contributed by atoms with Crippen LogP contribution in [0.5, 0.6) is 0 Å². The fraction of sp³-hybridized carbons (Fsp3) is 0.227. The summed E-state index contributed by atoms with van der Waals surface area (Å²) in [6.07, 6.45) is 5.03. The average Bonchev–Trinajstić information content (AvgIpc) is 3.46. The van der Waals surface area contributed by atoms with Crippen LogP contribution in [0.15, 0.2) is 55.1 Å². The summed E-state index contributed by atoms with van der Waals surface area (Å²) in [4.78, 5) is 23.3. The third kappa shape index (κ3) is 3.76. The summed E-state index contributed by atoms with van der Waals surface area (Å²) in [5.41, 5.74) is 3.23. The molecule has 0 spiro atoms. The van der Waals surface area contributed by atoms with Crippen molar-refractivity contribution in [3.8, 4) is 28.5 Å². The number of aromatic nitrogens is 6. The van der Waals surface area contributed by atoms with E-state index in [1.54, 1.807) is 58.0 Å². The van der Waals surface area contributed by atoms with E-state index in [4.69, 9.17) is 4.74 Å². The molecule has 0 unspecified atom stereocenters. The molecule has 0 N–H and O–H groups in total. The van der Waals surface area contributed by atoms with Gasteiger partial charge in [-0.2, -0.15) is 0 Å². The van der Waals surface area contributed by atoms with Crippen LogP contribution < -0.4 is 0 Å². The minimum Gasteiger partial charge on any atom is -0.378 e. The summed E-state index contributed by atoms with van der Waals surface area (Å²) in [7, 11) is 1.78. The number of aryl methyl sites for hydroxylation is 1. The molecular weight excluding hydrogens is 413 g/mol. The van der Waals surface area contributed by atoms with Gasteiger partial charge >= 0.3 is 0 Å². The number of carbonyl (C=O) groups is 1. The largest absolute Gasteiger partial charge is 0.378 e. The van der Waals surface area contributed by atoms with Crippen LogP contribution in [-0.2, 0) is 11.8 Å². The number of hydrogen-bond donors (Lipinski definition) is 0. The lowest BCUT2D eigenvalue weighted by Crippen LogP contribution is -2.40. The van der Waals surface area contributed by atoms with Crippen molar-refractivity contribution in [2.45, 2.75) is 0 Å². The second kappa shape index (κ2) is 8.31. The fourth-order valence-corrected chi connectivity index (χ4v) is 3.63. The summed E-state index contributed by atoms with van der Waals surface area (Å²) < 4.78 is 22.0. The van der Waals surface area contributed by atoms with Gasteiger partial charge in [-0.05, 0) is 36.4 Å². The number of amides is 1. The number of morpholine rings is 1. The Kier molecular flexibility index (Phi) is 5.20. The van der Waals surface area contributed by atoms with Gasteiger partial charge in [-0.3, -0.25) is 9.36 Å². The van der Waals surface area contributed by atoms with Crippen LogP contribution in [0.1, 0.15) is 10.4 Å². The van der Waals surface area contributed by atoms with Crippen LogP contribution in [-0.4, -0.2) is 66.6 Å². The van der Waals surface area contributed by atoms with Crippen LogP contribution in [0, 0.1) is 5.82 Å². The molecule has 0 bridgehead atoms. The van der Waals surface area contributed by atoms with E-state index in [0.717, 1.165) is 5.56 Å². The van der Waals surface area contributed by atoms with Gasteiger partial charge in [0.15, 0.2) is 0 Å². The normalized spacial score (nSPS) is 14.0. The molecule has 0 radical (unpaired) electrons. The summed E-state index contributed by atoms with van der Waals surface area (Å²) >= 11 is 0.